The molecule has 0 unspecified atom stereocenters. The molecule has 0 aromatic carbocycles. The summed E-state index contributed by atoms with van der Waals surface area (Å²) in [4.78, 5) is 16.1. The topological polar surface area (TPSA) is 71.7 Å². The highest BCUT2D eigenvalue weighted by molar-refractivity contribution is 7.11. The predicted molar refractivity (Wildman–Crippen MR) is 83.5 cm³/mol. The number of carbonyl (C=O) groups excluding carboxylic acids is 1. The fourth-order valence-corrected chi connectivity index (χ4v) is 2.68. The molecule has 0 aliphatic heterocycles. The van der Waals surface area contributed by atoms with Crippen molar-refractivity contribution < 1.29 is 9.53 Å². The van der Waals surface area contributed by atoms with Gasteiger partial charge in [0.1, 0.15) is 10.6 Å². The van der Waals surface area contributed by atoms with Crippen molar-refractivity contribution in [2.75, 3.05) is 51.5 Å². The Morgan fingerprint density at radius 3 is 2.55 bits per heavy atom. The quantitative estimate of drug-likeness (QED) is 0.770. The number of carbonyl (C=O) groups is 1. The molecule has 0 saturated heterocycles. The summed E-state index contributed by atoms with van der Waals surface area (Å²) < 4.78 is 8.91. The Bertz CT molecular complexity index is 446. The number of rotatable bonds is 7. The van der Waals surface area contributed by atoms with Crippen molar-refractivity contribution in [1.29, 1.82) is 0 Å². The molecule has 0 bridgehead atoms. The van der Waals surface area contributed by atoms with E-state index in [1.54, 1.807) is 0 Å². The molecule has 114 valence electrons. The maximum atomic E-state index is 11.9. The van der Waals surface area contributed by atoms with Gasteiger partial charge in [0.2, 0.25) is 0 Å². The second-order valence-electron chi connectivity index (χ2n) is 5.38. The monoisotopic (exact) mass is 300 g/mol. The van der Waals surface area contributed by atoms with Crippen LogP contribution in [0.5, 0.6) is 0 Å². The van der Waals surface area contributed by atoms with E-state index in [4.69, 9.17) is 10.5 Å². The summed E-state index contributed by atoms with van der Waals surface area (Å²) in [6.45, 7) is 6.84. The molecule has 0 spiro atoms. The highest BCUT2D eigenvalue weighted by Crippen LogP contribution is 2.31. The Labute approximate surface area is 124 Å². The van der Waals surface area contributed by atoms with Crippen LogP contribution in [0, 0.1) is 5.92 Å². The van der Waals surface area contributed by atoms with Gasteiger partial charge in [0.15, 0.2) is 5.82 Å². The molecule has 1 heterocycles. The zero-order valence-electron chi connectivity index (χ0n) is 12.8. The lowest BCUT2D eigenvalue weighted by molar-refractivity contribution is 0.0603. The molecule has 2 N–H and O–H groups in total. The van der Waals surface area contributed by atoms with E-state index in [9.17, 15) is 4.79 Å². The molecular weight excluding hydrogens is 276 g/mol. The highest BCUT2D eigenvalue weighted by Gasteiger charge is 2.24. The molecule has 0 atom stereocenters. The third kappa shape index (κ3) is 4.35. The lowest BCUT2D eigenvalue weighted by Gasteiger charge is -2.27. The van der Waals surface area contributed by atoms with Gasteiger partial charge in [-0.05, 0) is 31.5 Å². The lowest BCUT2D eigenvalue weighted by atomic mass is 10.2. The average Bonchev–Trinajstić information content (AvgIpc) is 2.75. The number of likely N-dealkylation sites (N-methyl/N-ethyl adjacent to an activating group) is 1. The van der Waals surface area contributed by atoms with Crippen LogP contribution < -0.4 is 10.6 Å². The van der Waals surface area contributed by atoms with E-state index in [1.807, 2.05) is 14.1 Å². The number of anilines is 2. The van der Waals surface area contributed by atoms with E-state index in [1.165, 1.54) is 18.6 Å². The van der Waals surface area contributed by atoms with Crippen LogP contribution >= 0.6 is 11.5 Å². The lowest BCUT2D eigenvalue weighted by Crippen LogP contribution is -2.34. The highest BCUT2D eigenvalue weighted by atomic mass is 32.1. The number of nitrogen functional groups attached to an aromatic ring is 1. The predicted octanol–water partition coefficient (Wildman–Crippen LogP) is 1.54. The standard InChI is InChI=1S/C13H24N4O2S/c1-9(2)8-17(7-6-16(3)4)12-10(13(18)19-5)11(14)15-20-12/h9H,6-8H2,1-5H3,(H2,14,15). The van der Waals surface area contributed by atoms with Gasteiger partial charge in [-0.1, -0.05) is 13.8 Å². The second-order valence-corrected chi connectivity index (χ2v) is 6.13. The van der Waals surface area contributed by atoms with E-state index in [0.29, 0.717) is 11.5 Å². The molecule has 0 fully saturated rings. The van der Waals surface area contributed by atoms with Gasteiger partial charge in [-0.3, -0.25) is 0 Å². The molecular formula is C13H24N4O2S. The summed E-state index contributed by atoms with van der Waals surface area (Å²) in [5, 5.41) is 0.796. The van der Waals surface area contributed by atoms with Crippen LogP contribution in [-0.4, -0.2) is 56.1 Å². The molecule has 6 nitrogen and oxygen atoms in total. The fourth-order valence-electron chi connectivity index (χ4n) is 1.84. The Morgan fingerprint density at radius 2 is 2.05 bits per heavy atom. The zero-order chi connectivity index (χ0) is 15.3. The SMILES string of the molecule is COC(=O)c1c(N)nsc1N(CCN(C)C)CC(C)C. The van der Waals surface area contributed by atoms with Crippen molar-refractivity contribution in [3.63, 3.8) is 0 Å². The van der Waals surface area contributed by atoms with Gasteiger partial charge in [0.05, 0.1) is 7.11 Å². The number of esters is 1. The first-order valence-electron chi connectivity index (χ1n) is 6.60. The molecule has 1 rings (SSSR count). The molecule has 0 aliphatic carbocycles. The number of ether oxygens (including phenoxy) is 1. The van der Waals surface area contributed by atoms with Gasteiger partial charge in [0.25, 0.3) is 0 Å². The van der Waals surface area contributed by atoms with Crippen molar-refractivity contribution in [3.05, 3.63) is 5.56 Å². The molecule has 20 heavy (non-hydrogen) atoms. The number of methoxy groups -OCH3 is 1. The van der Waals surface area contributed by atoms with Gasteiger partial charge in [-0.25, -0.2) is 4.79 Å². The van der Waals surface area contributed by atoms with Crippen LogP contribution in [0.25, 0.3) is 0 Å². The summed E-state index contributed by atoms with van der Waals surface area (Å²) in [7, 11) is 5.40. The van der Waals surface area contributed by atoms with Gasteiger partial charge < -0.3 is 20.3 Å². The summed E-state index contributed by atoms with van der Waals surface area (Å²) in [5.74, 6) is 0.298. The number of hydrogen-bond donors (Lipinski definition) is 1. The Hall–Kier alpha value is -1.34. The van der Waals surface area contributed by atoms with Crippen molar-refractivity contribution in [1.82, 2.24) is 9.27 Å². The molecule has 1 aromatic rings. The van der Waals surface area contributed by atoms with Crippen LogP contribution in [0.4, 0.5) is 10.8 Å². The van der Waals surface area contributed by atoms with E-state index in [0.717, 1.165) is 24.6 Å². The van der Waals surface area contributed by atoms with Crippen molar-refractivity contribution in [2.24, 2.45) is 5.92 Å². The van der Waals surface area contributed by atoms with E-state index < -0.39 is 5.97 Å². The van der Waals surface area contributed by atoms with E-state index in [2.05, 4.69) is 28.0 Å². The molecule has 0 saturated carbocycles. The maximum Gasteiger partial charge on any atom is 0.344 e. The Kier molecular flexibility index (Phi) is 6.22. The van der Waals surface area contributed by atoms with Crippen molar-refractivity contribution in [2.45, 2.75) is 13.8 Å². The summed E-state index contributed by atoms with van der Waals surface area (Å²) in [6, 6.07) is 0. The zero-order valence-corrected chi connectivity index (χ0v) is 13.7. The van der Waals surface area contributed by atoms with Gasteiger partial charge >= 0.3 is 5.97 Å². The number of nitrogens with zero attached hydrogens (tertiary/aromatic N) is 3. The summed E-state index contributed by atoms with van der Waals surface area (Å²) >= 11 is 1.25. The minimum atomic E-state index is -0.426. The molecule has 1 aromatic heterocycles. The van der Waals surface area contributed by atoms with Crippen LogP contribution in [-0.2, 0) is 4.74 Å². The first kappa shape index (κ1) is 16.7. The number of hydrogen-bond acceptors (Lipinski definition) is 7. The third-order valence-corrected chi connectivity index (χ3v) is 3.70. The molecule has 0 aliphatic rings. The van der Waals surface area contributed by atoms with E-state index in [-0.39, 0.29) is 5.82 Å². The first-order valence-corrected chi connectivity index (χ1v) is 7.37. The maximum absolute atomic E-state index is 11.9. The third-order valence-electron chi connectivity index (χ3n) is 2.78. The van der Waals surface area contributed by atoms with E-state index >= 15 is 0 Å². The second kappa shape index (κ2) is 7.44. The minimum absolute atomic E-state index is 0.246. The minimum Gasteiger partial charge on any atom is -0.465 e. The largest absolute Gasteiger partial charge is 0.465 e. The Morgan fingerprint density at radius 1 is 1.40 bits per heavy atom. The average molecular weight is 300 g/mol. The van der Waals surface area contributed by atoms with Crippen LogP contribution in [0.15, 0.2) is 0 Å². The molecule has 7 heteroatoms. The van der Waals surface area contributed by atoms with Crippen molar-refractivity contribution >= 4 is 28.3 Å². The van der Waals surface area contributed by atoms with Crippen LogP contribution in [0.2, 0.25) is 0 Å². The smallest absolute Gasteiger partial charge is 0.344 e. The normalized spacial score (nSPS) is 11.2. The number of nitrogens with two attached hydrogens (primary N) is 1. The molecule has 0 radical (unpaired) electrons. The molecule has 0 amide bonds. The summed E-state index contributed by atoms with van der Waals surface area (Å²) in [5.41, 5.74) is 6.19. The fraction of sp³-hybridized carbons (Fsp3) is 0.692. The van der Waals surface area contributed by atoms with Crippen molar-refractivity contribution in [3.8, 4) is 0 Å². The van der Waals surface area contributed by atoms with Gasteiger partial charge in [-0.15, -0.1) is 0 Å². The van der Waals surface area contributed by atoms with Crippen LogP contribution in [0.3, 0.4) is 0 Å². The first-order chi connectivity index (χ1) is 9.36. The summed E-state index contributed by atoms with van der Waals surface area (Å²) in [6.07, 6.45) is 0. The van der Waals surface area contributed by atoms with Gasteiger partial charge in [-0.2, -0.15) is 4.37 Å². The number of aromatic nitrogens is 1. The van der Waals surface area contributed by atoms with Crippen LogP contribution in [0.1, 0.15) is 24.2 Å². The van der Waals surface area contributed by atoms with Gasteiger partial charge in [0, 0.05) is 19.6 Å². The Balaban J connectivity index is 3.03.